The molecule has 6 nitrogen and oxygen atoms in total. The first-order chi connectivity index (χ1) is 15.4. The number of alkyl carbamates (subject to hydrolysis) is 1. The number of carbonyl (C=O) groups excluding carboxylic acids is 1. The molecule has 7 heteroatoms. The summed E-state index contributed by atoms with van der Waals surface area (Å²) in [5, 5.41) is 14.8. The number of aliphatic hydroxyl groups excluding tert-OH is 1. The molecule has 2 aromatic rings. The minimum Gasteiger partial charge on any atom is -0.444 e. The Kier molecular flexibility index (Phi) is 9.26. The lowest BCUT2D eigenvalue weighted by Gasteiger charge is -2.44. The number of benzene rings is 2. The smallest absolute Gasteiger partial charge is 0.408 e. The molecule has 0 fully saturated rings. The Morgan fingerprint density at radius 3 is 1.79 bits per heavy atom. The molecular formula is C26H39NO5Si. The highest BCUT2D eigenvalue weighted by atomic mass is 28.4. The van der Waals surface area contributed by atoms with Gasteiger partial charge in [-0.1, -0.05) is 81.4 Å². The predicted molar refractivity (Wildman–Crippen MR) is 135 cm³/mol. The third-order valence-corrected chi connectivity index (χ3v) is 10.5. The molecule has 0 aliphatic heterocycles. The van der Waals surface area contributed by atoms with E-state index in [4.69, 9.17) is 13.9 Å². The number of rotatable bonds is 9. The fourth-order valence-corrected chi connectivity index (χ4v) is 8.60. The Labute approximate surface area is 199 Å². The van der Waals surface area contributed by atoms with Gasteiger partial charge in [-0.2, -0.15) is 0 Å². The minimum absolute atomic E-state index is 0.193. The van der Waals surface area contributed by atoms with Crippen LogP contribution in [0.3, 0.4) is 0 Å². The number of hydrogen-bond donors (Lipinski definition) is 2. The molecule has 0 unspecified atom stereocenters. The van der Waals surface area contributed by atoms with Crippen LogP contribution < -0.4 is 15.7 Å². The fraction of sp³-hybridized carbons (Fsp3) is 0.500. The first kappa shape index (κ1) is 27.1. The Morgan fingerprint density at radius 1 is 0.939 bits per heavy atom. The van der Waals surface area contributed by atoms with Crippen LogP contribution in [0.15, 0.2) is 60.7 Å². The van der Waals surface area contributed by atoms with E-state index in [2.05, 4.69) is 50.4 Å². The molecule has 0 saturated heterocycles. The average molecular weight is 474 g/mol. The first-order valence-electron chi connectivity index (χ1n) is 11.3. The maximum atomic E-state index is 12.3. The van der Waals surface area contributed by atoms with E-state index in [1.807, 2.05) is 36.4 Å². The summed E-state index contributed by atoms with van der Waals surface area (Å²) in [7, 11) is -1.22. The molecule has 0 spiro atoms. The highest BCUT2D eigenvalue weighted by molar-refractivity contribution is 6.99. The van der Waals surface area contributed by atoms with Crippen LogP contribution in [0.4, 0.5) is 4.79 Å². The zero-order chi connectivity index (χ0) is 24.7. The minimum atomic E-state index is -2.77. The zero-order valence-electron chi connectivity index (χ0n) is 20.9. The summed E-state index contributed by atoms with van der Waals surface area (Å²) >= 11 is 0. The van der Waals surface area contributed by atoms with Crippen molar-refractivity contribution in [2.24, 2.45) is 0 Å². The van der Waals surface area contributed by atoms with Crippen molar-refractivity contribution in [3.05, 3.63) is 60.7 Å². The SMILES string of the molecule is CO[C@H](CO[Si](c1ccccc1)(c1ccccc1)C(C)(C)C)[C@@H](CO)NC(=O)OC(C)(C)C. The molecule has 0 aliphatic rings. The molecule has 1 amide bonds. The number of nitrogens with one attached hydrogen (secondary N) is 1. The van der Waals surface area contributed by atoms with Gasteiger partial charge in [0.1, 0.15) is 11.7 Å². The molecule has 182 valence electrons. The van der Waals surface area contributed by atoms with Gasteiger partial charge in [-0.15, -0.1) is 0 Å². The second-order valence-electron chi connectivity index (χ2n) is 10.2. The molecule has 33 heavy (non-hydrogen) atoms. The van der Waals surface area contributed by atoms with E-state index in [1.54, 1.807) is 27.9 Å². The predicted octanol–water partition coefficient (Wildman–Crippen LogP) is 3.46. The quantitative estimate of drug-likeness (QED) is 0.546. The largest absolute Gasteiger partial charge is 0.444 e. The van der Waals surface area contributed by atoms with Gasteiger partial charge in [-0.3, -0.25) is 0 Å². The van der Waals surface area contributed by atoms with Crippen molar-refractivity contribution in [3.63, 3.8) is 0 Å². The molecule has 0 radical (unpaired) electrons. The topological polar surface area (TPSA) is 77.0 Å². The van der Waals surface area contributed by atoms with E-state index in [1.165, 1.54) is 0 Å². The standard InChI is InChI=1S/C26H39NO5Si/c1-25(2,3)32-24(29)27-22(18-28)23(30-7)19-31-33(26(4,5)6,20-14-10-8-11-15-20)21-16-12-9-13-17-21/h8-17,22-23,28H,18-19H2,1-7H3,(H,27,29)/t22-,23-/m1/s1. The van der Waals surface area contributed by atoms with Crippen molar-refractivity contribution < 1.29 is 23.8 Å². The number of carbonyl (C=O) groups is 1. The summed E-state index contributed by atoms with van der Waals surface area (Å²) < 4.78 is 17.9. The second kappa shape index (κ2) is 11.3. The van der Waals surface area contributed by atoms with Gasteiger partial charge in [-0.25, -0.2) is 4.79 Å². The molecule has 2 aromatic carbocycles. The molecule has 2 N–H and O–H groups in total. The van der Waals surface area contributed by atoms with Gasteiger partial charge in [-0.05, 0) is 36.2 Å². The van der Waals surface area contributed by atoms with E-state index in [-0.39, 0.29) is 18.3 Å². The van der Waals surface area contributed by atoms with E-state index < -0.39 is 32.2 Å². The summed E-state index contributed by atoms with van der Waals surface area (Å²) in [6.07, 6.45) is -1.17. The average Bonchev–Trinajstić information content (AvgIpc) is 2.75. The maximum Gasteiger partial charge on any atom is 0.408 e. The van der Waals surface area contributed by atoms with Crippen LogP contribution in [0, 0.1) is 0 Å². The molecule has 2 rings (SSSR count). The summed E-state index contributed by atoms with van der Waals surface area (Å²) in [5.41, 5.74) is -0.641. The highest BCUT2D eigenvalue weighted by Gasteiger charge is 2.50. The van der Waals surface area contributed by atoms with Gasteiger partial charge in [0, 0.05) is 7.11 Å². The monoisotopic (exact) mass is 473 g/mol. The van der Waals surface area contributed by atoms with Crippen molar-refractivity contribution in [1.82, 2.24) is 5.32 Å². The van der Waals surface area contributed by atoms with Crippen LogP contribution in [-0.2, 0) is 13.9 Å². The lowest BCUT2D eigenvalue weighted by molar-refractivity contribution is 0.00147. The van der Waals surface area contributed by atoms with E-state index in [0.29, 0.717) is 0 Å². The van der Waals surface area contributed by atoms with Crippen LogP contribution in [-0.4, -0.2) is 57.6 Å². The molecular weight excluding hydrogens is 434 g/mol. The Morgan fingerprint density at radius 2 is 1.42 bits per heavy atom. The second-order valence-corrected chi connectivity index (χ2v) is 14.5. The highest BCUT2D eigenvalue weighted by Crippen LogP contribution is 2.37. The number of hydrogen-bond acceptors (Lipinski definition) is 5. The Balaban J connectivity index is 2.39. The van der Waals surface area contributed by atoms with Gasteiger partial charge in [0.25, 0.3) is 8.32 Å². The molecule has 2 atom stereocenters. The van der Waals surface area contributed by atoms with Gasteiger partial charge in [0.05, 0.1) is 19.3 Å². The van der Waals surface area contributed by atoms with Gasteiger partial charge < -0.3 is 24.3 Å². The number of ether oxygens (including phenoxy) is 2. The van der Waals surface area contributed by atoms with Crippen LogP contribution in [0.5, 0.6) is 0 Å². The summed E-state index contributed by atoms with van der Waals surface area (Å²) in [5.74, 6) is 0. The lowest BCUT2D eigenvalue weighted by atomic mass is 10.2. The van der Waals surface area contributed by atoms with Crippen LogP contribution in [0.1, 0.15) is 41.5 Å². The molecule has 0 aliphatic carbocycles. The number of amides is 1. The van der Waals surface area contributed by atoms with Crippen molar-refractivity contribution in [2.75, 3.05) is 20.3 Å². The van der Waals surface area contributed by atoms with Crippen molar-refractivity contribution in [1.29, 1.82) is 0 Å². The van der Waals surface area contributed by atoms with Gasteiger partial charge in [0.2, 0.25) is 0 Å². The van der Waals surface area contributed by atoms with E-state index >= 15 is 0 Å². The maximum absolute atomic E-state index is 12.3. The van der Waals surface area contributed by atoms with Crippen LogP contribution in [0.2, 0.25) is 5.04 Å². The third kappa shape index (κ3) is 6.90. The van der Waals surface area contributed by atoms with Crippen LogP contribution >= 0.6 is 0 Å². The van der Waals surface area contributed by atoms with Crippen molar-refractivity contribution >= 4 is 24.8 Å². The molecule has 0 aromatic heterocycles. The first-order valence-corrected chi connectivity index (χ1v) is 13.2. The van der Waals surface area contributed by atoms with Crippen LogP contribution in [0.25, 0.3) is 0 Å². The normalized spacial score (nSPS) is 14.4. The third-order valence-electron chi connectivity index (χ3n) is 5.53. The Bertz CT molecular complexity index is 822. The van der Waals surface area contributed by atoms with E-state index in [9.17, 15) is 9.90 Å². The molecule has 0 bridgehead atoms. The van der Waals surface area contributed by atoms with E-state index in [0.717, 1.165) is 10.4 Å². The Hall–Kier alpha value is -2.19. The lowest BCUT2D eigenvalue weighted by Crippen LogP contribution is -2.67. The summed E-state index contributed by atoms with van der Waals surface area (Å²) in [4.78, 5) is 12.3. The number of aliphatic hydroxyl groups is 1. The summed E-state index contributed by atoms with van der Waals surface area (Å²) in [6, 6.07) is 19.9. The van der Waals surface area contributed by atoms with Gasteiger partial charge in [0.15, 0.2) is 0 Å². The van der Waals surface area contributed by atoms with Gasteiger partial charge >= 0.3 is 6.09 Å². The van der Waals surface area contributed by atoms with Crippen molar-refractivity contribution in [3.8, 4) is 0 Å². The molecule has 0 heterocycles. The number of methoxy groups -OCH3 is 1. The zero-order valence-corrected chi connectivity index (χ0v) is 21.9. The fourth-order valence-electron chi connectivity index (χ4n) is 4.03. The summed E-state index contributed by atoms with van der Waals surface area (Å²) in [6.45, 7) is 11.9. The van der Waals surface area contributed by atoms with Crippen molar-refractivity contribution in [2.45, 2.75) is 64.3 Å². The molecule has 0 saturated carbocycles.